The predicted octanol–water partition coefficient (Wildman–Crippen LogP) is 4.49. The van der Waals surface area contributed by atoms with Crippen LogP contribution in [0.1, 0.15) is 11.1 Å². The van der Waals surface area contributed by atoms with Gasteiger partial charge in [0, 0.05) is 0 Å². The molecule has 3 N–H and O–H groups in total. The molecule has 0 bridgehead atoms. The average Bonchev–Trinajstić information content (AvgIpc) is 2.73. The van der Waals surface area contributed by atoms with E-state index in [0.717, 1.165) is 18.5 Å². The third-order valence-electron chi connectivity index (χ3n) is 4.08. The summed E-state index contributed by atoms with van der Waals surface area (Å²) in [6.07, 6.45) is -3.71. The number of anilines is 3. The standard InChI is InChI=1S/C19H14ClF3N6O3/c20-13-7-6-12(19(21,22)23)9-14(13)26-17-16(29(31)32)18(25-10-24-17)28-27-15(30)8-11-4-2-1-3-5-11/h1-7,9-10H,8H2,(H,27,30)(H2,24,25,26,28). The van der Waals surface area contributed by atoms with Crippen LogP contribution in [0.2, 0.25) is 5.02 Å². The van der Waals surface area contributed by atoms with Crippen LogP contribution in [0.3, 0.4) is 0 Å². The number of halogens is 4. The van der Waals surface area contributed by atoms with Crippen molar-refractivity contribution in [2.24, 2.45) is 0 Å². The molecule has 0 saturated heterocycles. The Labute approximate surface area is 183 Å². The van der Waals surface area contributed by atoms with Crippen LogP contribution in [-0.4, -0.2) is 20.8 Å². The molecule has 166 valence electrons. The van der Waals surface area contributed by atoms with Gasteiger partial charge in [-0.25, -0.2) is 9.97 Å². The molecule has 0 aliphatic rings. The van der Waals surface area contributed by atoms with E-state index < -0.39 is 34.1 Å². The second kappa shape index (κ2) is 9.47. The zero-order valence-corrected chi connectivity index (χ0v) is 16.7. The zero-order chi connectivity index (χ0) is 23.3. The Kier molecular flexibility index (Phi) is 6.73. The molecule has 3 aromatic rings. The van der Waals surface area contributed by atoms with Crippen molar-refractivity contribution in [3.05, 3.63) is 81.1 Å². The summed E-state index contributed by atoms with van der Waals surface area (Å²) in [5, 5.41) is 13.9. The monoisotopic (exact) mass is 466 g/mol. The van der Waals surface area contributed by atoms with Gasteiger partial charge in [0.25, 0.3) is 0 Å². The number of carbonyl (C=O) groups excluding carboxylic acids is 1. The molecular weight excluding hydrogens is 453 g/mol. The number of nitro groups is 1. The van der Waals surface area contributed by atoms with Crippen molar-refractivity contribution in [3.63, 3.8) is 0 Å². The summed E-state index contributed by atoms with van der Waals surface area (Å²) in [6, 6.07) is 11.2. The van der Waals surface area contributed by atoms with E-state index in [-0.39, 0.29) is 22.9 Å². The highest BCUT2D eigenvalue weighted by molar-refractivity contribution is 6.33. The Hall–Kier alpha value is -3.93. The first kappa shape index (κ1) is 22.7. The van der Waals surface area contributed by atoms with Gasteiger partial charge in [-0.2, -0.15) is 13.2 Å². The van der Waals surface area contributed by atoms with E-state index in [4.69, 9.17) is 11.6 Å². The molecule has 1 amide bonds. The summed E-state index contributed by atoms with van der Waals surface area (Å²) in [7, 11) is 0. The molecule has 9 nitrogen and oxygen atoms in total. The van der Waals surface area contributed by atoms with Gasteiger partial charge in [-0.15, -0.1) is 0 Å². The summed E-state index contributed by atoms with van der Waals surface area (Å²) in [5.41, 5.74) is 3.39. The van der Waals surface area contributed by atoms with E-state index in [1.54, 1.807) is 30.3 Å². The number of amides is 1. The number of hydrogen-bond donors (Lipinski definition) is 3. The molecule has 0 atom stereocenters. The molecule has 13 heteroatoms. The first-order valence-electron chi connectivity index (χ1n) is 8.87. The van der Waals surface area contributed by atoms with Gasteiger partial charge < -0.3 is 5.32 Å². The summed E-state index contributed by atoms with van der Waals surface area (Å²) in [5.74, 6) is -1.30. The van der Waals surface area contributed by atoms with E-state index in [0.29, 0.717) is 11.6 Å². The molecule has 3 rings (SSSR count). The maximum absolute atomic E-state index is 13.0. The van der Waals surface area contributed by atoms with Gasteiger partial charge in [-0.1, -0.05) is 41.9 Å². The maximum atomic E-state index is 13.0. The second-order valence-corrected chi connectivity index (χ2v) is 6.74. The molecular formula is C19H14ClF3N6O3. The number of aromatic nitrogens is 2. The number of nitrogens with zero attached hydrogens (tertiary/aromatic N) is 3. The lowest BCUT2D eigenvalue weighted by Gasteiger charge is -2.13. The van der Waals surface area contributed by atoms with Crippen molar-refractivity contribution in [2.45, 2.75) is 12.6 Å². The van der Waals surface area contributed by atoms with E-state index >= 15 is 0 Å². The zero-order valence-electron chi connectivity index (χ0n) is 16.0. The minimum absolute atomic E-state index is 0.00231. The van der Waals surface area contributed by atoms with Gasteiger partial charge in [-0.3, -0.25) is 25.8 Å². The molecule has 2 aromatic carbocycles. The quantitative estimate of drug-likeness (QED) is 0.346. The normalized spacial score (nSPS) is 11.0. The Bertz CT molecular complexity index is 1140. The first-order chi connectivity index (χ1) is 15.1. The number of hydrazine groups is 1. The van der Waals surface area contributed by atoms with Gasteiger partial charge in [0.2, 0.25) is 17.5 Å². The largest absolute Gasteiger partial charge is 0.416 e. The topological polar surface area (TPSA) is 122 Å². The van der Waals surface area contributed by atoms with Crippen LogP contribution in [0, 0.1) is 10.1 Å². The van der Waals surface area contributed by atoms with Gasteiger partial charge in [-0.05, 0) is 23.8 Å². The molecule has 0 unspecified atom stereocenters. The lowest BCUT2D eigenvalue weighted by atomic mass is 10.1. The number of hydrogen-bond acceptors (Lipinski definition) is 7. The molecule has 1 aromatic heterocycles. The average molecular weight is 467 g/mol. The molecule has 0 aliphatic heterocycles. The second-order valence-electron chi connectivity index (χ2n) is 6.33. The molecule has 0 spiro atoms. The predicted molar refractivity (Wildman–Crippen MR) is 110 cm³/mol. The Morgan fingerprint density at radius 3 is 2.44 bits per heavy atom. The number of nitrogens with one attached hydrogen (secondary N) is 3. The highest BCUT2D eigenvalue weighted by Crippen LogP contribution is 2.37. The van der Waals surface area contributed by atoms with Gasteiger partial charge in [0.05, 0.1) is 27.6 Å². The highest BCUT2D eigenvalue weighted by atomic mass is 35.5. The molecule has 0 fully saturated rings. The van der Waals surface area contributed by atoms with E-state index in [9.17, 15) is 28.1 Å². The van der Waals surface area contributed by atoms with Crippen LogP contribution in [0.5, 0.6) is 0 Å². The minimum Gasteiger partial charge on any atom is -0.333 e. The van der Waals surface area contributed by atoms with Crippen molar-refractivity contribution in [1.82, 2.24) is 15.4 Å². The van der Waals surface area contributed by atoms with E-state index in [1.165, 1.54) is 0 Å². The summed E-state index contributed by atoms with van der Waals surface area (Å²) >= 11 is 5.93. The minimum atomic E-state index is -4.64. The Balaban J connectivity index is 1.82. The van der Waals surface area contributed by atoms with Crippen LogP contribution in [0.4, 0.5) is 36.2 Å². The number of carbonyl (C=O) groups is 1. The van der Waals surface area contributed by atoms with Crippen LogP contribution in [0.25, 0.3) is 0 Å². The van der Waals surface area contributed by atoms with Crippen molar-refractivity contribution in [1.29, 1.82) is 0 Å². The molecule has 0 aliphatic carbocycles. The number of rotatable bonds is 7. The SMILES string of the molecule is O=C(Cc1ccccc1)NNc1ncnc(Nc2cc(C(F)(F)F)ccc2Cl)c1[N+](=O)[O-]. The van der Waals surface area contributed by atoms with Gasteiger partial charge in [0.1, 0.15) is 6.33 Å². The van der Waals surface area contributed by atoms with E-state index in [1.807, 2.05) is 0 Å². The van der Waals surface area contributed by atoms with Crippen LogP contribution in [0.15, 0.2) is 54.9 Å². The Morgan fingerprint density at radius 1 is 1.09 bits per heavy atom. The Morgan fingerprint density at radius 2 is 1.78 bits per heavy atom. The first-order valence-corrected chi connectivity index (χ1v) is 9.25. The number of alkyl halides is 3. The third-order valence-corrected chi connectivity index (χ3v) is 4.41. The number of benzene rings is 2. The van der Waals surface area contributed by atoms with Crippen molar-refractivity contribution in [2.75, 3.05) is 10.7 Å². The fourth-order valence-corrected chi connectivity index (χ4v) is 2.78. The van der Waals surface area contributed by atoms with Crippen molar-refractivity contribution < 1.29 is 22.9 Å². The fourth-order valence-electron chi connectivity index (χ4n) is 2.61. The molecule has 32 heavy (non-hydrogen) atoms. The molecule has 1 heterocycles. The van der Waals surface area contributed by atoms with E-state index in [2.05, 4.69) is 26.1 Å². The van der Waals surface area contributed by atoms with Crippen molar-refractivity contribution in [3.8, 4) is 0 Å². The maximum Gasteiger partial charge on any atom is 0.416 e. The summed E-state index contributed by atoms with van der Waals surface area (Å²) in [6.45, 7) is 0. The van der Waals surface area contributed by atoms with Crippen LogP contribution in [-0.2, 0) is 17.4 Å². The summed E-state index contributed by atoms with van der Waals surface area (Å²) in [4.78, 5) is 30.3. The fraction of sp³-hybridized carbons (Fsp3) is 0.105. The van der Waals surface area contributed by atoms with Gasteiger partial charge >= 0.3 is 11.9 Å². The van der Waals surface area contributed by atoms with Crippen molar-refractivity contribution >= 4 is 40.5 Å². The molecule has 0 radical (unpaired) electrons. The highest BCUT2D eigenvalue weighted by Gasteiger charge is 2.31. The lowest BCUT2D eigenvalue weighted by Crippen LogP contribution is -2.31. The third kappa shape index (κ3) is 5.60. The summed E-state index contributed by atoms with van der Waals surface area (Å²) < 4.78 is 39.0. The van der Waals surface area contributed by atoms with Gasteiger partial charge in [0.15, 0.2) is 0 Å². The smallest absolute Gasteiger partial charge is 0.333 e. The molecule has 0 saturated carbocycles. The lowest BCUT2D eigenvalue weighted by molar-refractivity contribution is -0.383. The van der Waals surface area contributed by atoms with Crippen LogP contribution < -0.4 is 16.2 Å². The van der Waals surface area contributed by atoms with Crippen LogP contribution >= 0.6 is 11.6 Å².